The van der Waals surface area contributed by atoms with Gasteiger partial charge in [0.25, 0.3) is 0 Å². The van der Waals surface area contributed by atoms with E-state index in [2.05, 4.69) is 176 Å². The molecule has 2 nitrogen and oxygen atoms in total. The van der Waals surface area contributed by atoms with Crippen molar-refractivity contribution in [2.75, 3.05) is 0 Å². The molecule has 0 aliphatic heterocycles. The van der Waals surface area contributed by atoms with E-state index in [0.29, 0.717) is 0 Å². The van der Waals surface area contributed by atoms with E-state index < -0.39 is 0 Å². The molecule has 8 aromatic carbocycles. The molecule has 224 valence electrons. The first kappa shape index (κ1) is 27.9. The van der Waals surface area contributed by atoms with E-state index in [9.17, 15) is 0 Å². The zero-order valence-electron chi connectivity index (χ0n) is 26.2. The quantitative estimate of drug-likeness (QED) is 0.143. The lowest BCUT2D eigenvalue weighted by molar-refractivity contribution is 1.19. The van der Waals surface area contributed by atoms with Crippen molar-refractivity contribution in [2.45, 2.75) is 0 Å². The van der Waals surface area contributed by atoms with Crippen LogP contribution < -0.4 is 0 Å². The standard InChI is InChI=1S/C46H30N2/c1-4-14-31(15-5-1)37-27-38(32-16-6-2-7-17-32)29-39(28-37)43-30-42(34-19-8-3-9-20-34)47-46(48-43)45-41-23-13-11-21-35(41)26-36-25-24-33-18-10-12-22-40(33)44(36)45/h1-30H. The molecular formula is C46H30N2. The Morgan fingerprint density at radius 1 is 0.292 bits per heavy atom. The van der Waals surface area contributed by atoms with E-state index in [4.69, 9.17) is 9.97 Å². The fourth-order valence-corrected chi connectivity index (χ4v) is 6.91. The van der Waals surface area contributed by atoms with Crippen LogP contribution in [0.15, 0.2) is 182 Å². The summed E-state index contributed by atoms with van der Waals surface area (Å²) in [5.74, 6) is 0.718. The third kappa shape index (κ3) is 5.01. The maximum absolute atomic E-state index is 5.46. The predicted octanol–water partition coefficient (Wildman–Crippen LogP) is 12.3. The van der Waals surface area contributed by atoms with E-state index in [-0.39, 0.29) is 0 Å². The monoisotopic (exact) mass is 610 g/mol. The van der Waals surface area contributed by atoms with Crippen molar-refractivity contribution in [1.29, 1.82) is 0 Å². The second-order valence-electron chi connectivity index (χ2n) is 12.2. The highest BCUT2D eigenvalue weighted by molar-refractivity contribution is 6.21. The summed E-state index contributed by atoms with van der Waals surface area (Å²) >= 11 is 0. The topological polar surface area (TPSA) is 25.8 Å². The summed E-state index contributed by atoms with van der Waals surface area (Å²) in [7, 11) is 0. The van der Waals surface area contributed by atoms with Gasteiger partial charge in [-0.2, -0.15) is 0 Å². The highest BCUT2D eigenvalue weighted by Gasteiger charge is 2.18. The van der Waals surface area contributed by atoms with Crippen molar-refractivity contribution in [3.05, 3.63) is 182 Å². The molecule has 48 heavy (non-hydrogen) atoms. The van der Waals surface area contributed by atoms with Gasteiger partial charge in [0.1, 0.15) is 0 Å². The Balaban J connectivity index is 1.38. The van der Waals surface area contributed by atoms with E-state index in [1.807, 2.05) is 6.07 Å². The summed E-state index contributed by atoms with van der Waals surface area (Å²) in [6.45, 7) is 0. The normalized spacial score (nSPS) is 11.3. The number of fused-ring (bicyclic) bond motifs is 4. The Morgan fingerprint density at radius 2 is 0.771 bits per heavy atom. The van der Waals surface area contributed by atoms with E-state index in [0.717, 1.165) is 50.4 Å². The first-order valence-electron chi connectivity index (χ1n) is 16.3. The second-order valence-corrected chi connectivity index (χ2v) is 12.2. The fraction of sp³-hybridized carbons (Fsp3) is 0. The predicted molar refractivity (Wildman–Crippen MR) is 202 cm³/mol. The molecule has 0 radical (unpaired) electrons. The summed E-state index contributed by atoms with van der Waals surface area (Å²) in [6, 6.07) is 64.5. The molecule has 2 heteroatoms. The fourth-order valence-electron chi connectivity index (χ4n) is 6.91. The minimum atomic E-state index is 0.718. The largest absolute Gasteiger partial charge is 0.228 e. The average Bonchev–Trinajstić information content (AvgIpc) is 3.17. The molecule has 0 amide bonds. The van der Waals surface area contributed by atoms with Crippen molar-refractivity contribution in [3.63, 3.8) is 0 Å². The Kier molecular flexibility index (Phi) is 6.84. The molecule has 0 aliphatic rings. The number of rotatable bonds is 5. The van der Waals surface area contributed by atoms with Crippen LogP contribution in [0.3, 0.4) is 0 Å². The molecule has 0 bridgehead atoms. The lowest BCUT2D eigenvalue weighted by atomic mass is 9.92. The summed E-state index contributed by atoms with van der Waals surface area (Å²) in [5.41, 5.74) is 9.57. The molecular weight excluding hydrogens is 581 g/mol. The van der Waals surface area contributed by atoms with Crippen LogP contribution in [0.1, 0.15) is 0 Å². The van der Waals surface area contributed by atoms with Crippen LogP contribution >= 0.6 is 0 Å². The van der Waals surface area contributed by atoms with Gasteiger partial charge in [-0.3, -0.25) is 0 Å². The van der Waals surface area contributed by atoms with Crippen molar-refractivity contribution < 1.29 is 0 Å². The number of nitrogens with zero attached hydrogens (tertiary/aromatic N) is 2. The molecule has 0 N–H and O–H groups in total. The van der Waals surface area contributed by atoms with Crippen LogP contribution in [0.5, 0.6) is 0 Å². The summed E-state index contributed by atoms with van der Waals surface area (Å²) < 4.78 is 0. The van der Waals surface area contributed by atoms with Crippen LogP contribution in [0.25, 0.3) is 88.5 Å². The summed E-state index contributed by atoms with van der Waals surface area (Å²) in [4.78, 5) is 10.8. The van der Waals surface area contributed by atoms with Gasteiger partial charge in [-0.05, 0) is 79.5 Å². The molecule has 0 unspecified atom stereocenters. The molecule has 9 rings (SSSR count). The molecule has 9 aromatic rings. The van der Waals surface area contributed by atoms with E-state index >= 15 is 0 Å². The molecule has 0 atom stereocenters. The maximum atomic E-state index is 5.46. The van der Waals surface area contributed by atoms with Gasteiger partial charge < -0.3 is 0 Å². The van der Waals surface area contributed by atoms with Crippen LogP contribution in [0.2, 0.25) is 0 Å². The molecule has 0 fully saturated rings. The average molecular weight is 611 g/mol. The highest BCUT2D eigenvalue weighted by Crippen LogP contribution is 2.41. The third-order valence-corrected chi connectivity index (χ3v) is 9.21. The smallest absolute Gasteiger partial charge is 0.161 e. The zero-order valence-corrected chi connectivity index (χ0v) is 26.2. The van der Waals surface area contributed by atoms with Crippen molar-refractivity contribution in [3.8, 4) is 56.2 Å². The number of benzene rings is 8. The zero-order chi connectivity index (χ0) is 31.9. The Morgan fingerprint density at radius 3 is 1.42 bits per heavy atom. The van der Waals surface area contributed by atoms with E-state index in [1.54, 1.807) is 0 Å². The van der Waals surface area contributed by atoms with Crippen molar-refractivity contribution in [1.82, 2.24) is 9.97 Å². The number of hydrogen-bond acceptors (Lipinski definition) is 2. The highest BCUT2D eigenvalue weighted by atomic mass is 14.9. The van der Waals surface area contributed by atoms with Crippen LogP contribution in [-0.2, 0) is 0 Å². The van der Waals surface area contributed by atoms with Crippen LogP contribution in [0.4, 0.5) is 0 Å². The Hall–Kier alpha value is -6.38. The Bertz CT molecular complexity index is 2530. The van der Waals surface area contributed by atoms with Gasteiger partial charge in [-0.15, -0.1) is 0 Å². The van der Waals surface area contributed by atoms with Gasteiger partial charge in [-0.25, -0.2) is 9.97 Å². The molecule has 0 saturated carbocycles. The van der Waals surface area contributed by atoms with E-state index in [1.165, 1.54) is 38.1 Å². The van der Waals surface area contributed by atoms with Crippen molar-refractivity contribution >= 4 is 32.3 Å². The molecule has 0 saturated heterocycles. The molecule has 1 aromatic heterocycles. The Labute approximate surface area is 279 Å². The summed E-state index contributed by atoms with van der Waals surface area (Å²) in [5, 5.41) is 7.05. The third-order valence-electron chi connectivity index (χ3n) is 9.21. The lowest BCUT2D eigenvalue weighted by Gasteiger charge is -2.16. The lowest BCUT2D eigenvalue weighted by Crippen LogP contribution is -1.98. The van der Waals surface area contributed by atoms with Gasteiger partial charge in [0.2, 0.25) is 0 Å². The number of aromatic nitrogens is 2. The maximum Gasteiger partial charge on any atom is 0.161 e. The SMILES string of the molecule is c1ccc(-c2cc(-c3ccccc3)cc(-c3cc(-c4ccccc4)nc(-c4c5ccccc5cc5ccc6ccccc6c45)n3)c2)cc1. The first-order chi connectivity index (χ1) is 23.8. The van der Waals surface area contributed by atoms with Gasteiger partial charge in [-0.1, -0.05) is 152 Å². The van der Waals surface area contributed by atoms with Crippen LogP contribution in [-0.4, -0.2) is 9.97 Å². The molecule has 0 spiro atoms. The second kappa shape index (κ2) is 11.8. The van der Waals surface area contributed by atoms with Gasteiger partial charge in [0, 0.05) is 22.1 Å². The van der Waals surface area contributed by atoms with Gasteiger partial charge in [0.05, 0.1) is 11.4 Å². The number of hydrogen-bond donors (Lipinski definition) is 0. The minimum Gasteiger partial charge on any atom is -0.228 e. The molecule has 1 heterocycles. The minimum absolute atomic E-state index is 0.718. The first-order valence-corrected chi connectivity index (χ1v) is 16.3. The van der Waals surface area contributed by atoms with Gasteiger partial charge in [0.15, 0.2) is 5.82 Å². The van der Waals surface area contributed by atoms with Crippen LogP contribution in [0, 0.1) is 0 Å². The molecule has 0 aliphatic carbocycles. The van der Waals surface area contributed by atoms with Crippen molar-refractivity contribution in [2.24, 2.45) is 0 Å². The van der Waals surface area contributed by atoms with Gasteiger partial charge >= 0.3 is 0 Å². The summed E-state index contributed by atoms with van der Waals surface area (Å²) in [6.07, 6.45) is 0.